The molecule has 0 aliphatic heterocycles. The van der Waals surface area contributed by atoms with Gasteiger partial charge in [0, 0.05) is 6.61 Å². The minimum atomic E-state index is -0.985. The summed E-state index contributed by atoms with van der Waals surface area (Å²) in [7, 11) is 0. The Labute approximate surface area is 79.7 Å². The molecule has 1 aliphatic rings. The van der Waals surface area contributed by atoms with Crippen molar-refractivity contribution in [3.05, 3.63) is 0 Å². The molecular formula is C10H20O3. The molecule has 3 heteroatoms. The number of hydrogen-bond acceptors (Lipinski definition) is 3. The average molecular weight is 188 g/mol. The molecule has 0 heterocycles. The van der Waals surface area contributed by atoms with Crippen LogP contribution in [-0.4, -0.2) is 28.7 Å². The summed E-state index contributed by atoms with van der Waals surface area (Å²) in [4.78, 5) is 0. The SMILES string of the molecule is CCCCO[C@@H](O)C1(O)CCCC1. The van der Waals surface area contributed by atoms with E-state index in [9.17, 15) is 10.2 Å². The van der Waals surface area contributed by atoms with Crippen molar-refractivity contribution < 1.29 is 14.9 Å². The summed E-state index contributed by atoms with van der Waals surface area (Å²) in [5, 5.41) is 19.4. The minimum absolute atomic E-state index is 0.542. The fourth-order valence-corrected chi connectivity index (χ4v) is 1.73. The van der Waals surface area contributed by atoms with Gasteiger partial charge in [-0.25, -0.2) is 0 Å². The molecule has 0 spiro atoms. The Morgan fingerprint density at radius 2 is 2.00 bits per heavy atom. The molecule has 0 radical (unpaired) electrons. The molecule has 1 atom stereocenters. The Morgan fingerprint density at radius 3 is 2.54 bits per heavy atom. The highest BCUT2D eigenvalue weighted by Gasteiger charge is 2.39. The van der Waals surface area contributed by atoms with E-state index >= 15 is 0 Å². The second kappa shape index (κ2) is 4.94. The Bertz CT molecular complexity index is 141. The zero-order valence-corrected chi connectivity index (χ0v) is 8.33. The van der Waals surface area contributed by atoms with Crippen molar-refractivity contribution in [3.63, 3.8) is 0 Å². The number of hydrogen-bond donors (Lipinski definition) is 2. The van der Waals surface area contributed by atoms with Crippen LogP contribution in [0.5, 0.6) is 0 Å². The van der Waals surface area contributed by atoms with E-state index < -0.39 is 11.9 Å². The van der Waals surface area contributed by atoms with E-state index in [1.54, 1.807) is 0 Å². The topological polar surface area (TPSA) is 49.7 Å². The summed E-state index contributed by atoms with van der Waals surface area (Å²) in [6.45, 7) is 2.61. The lowest BCUT2D eigenvalue weighted by Crippen LogP contribution is -2.41. The van der Waals surface area contributed by atoms with Crippen LogP contribution in [0, 0.1) is 0 Å². The number of rotatable bonds is 5. The quantitative estimate of drug-likeness (QED) is 0.507. The van der Waals surface area contributed by atoms with Gasteiger partial charge in [-0.2, -0.15) is 0 Å². The van der Waals surface area contributed by atoms with Gasteiger partial charge in [0.05, 0.1) is 0 Å². The molecule has 0 unspecified atom stereocenters. The number of aliphatic hydroxyl groups is 2. The molecule has 0 amide bonds. The Balaban J connectivity index is 2.24. The van der Waals surface area contributed by atoms with Gasteiger partial charge in [-0.3, -0.25) is 0 Å². The lowest BCUT2D eigenvalue weighted by atomic mass is 10.0. The Morgan fingerprint density at radius 1 is 1.38 bits per heavy atom. The average Bonchev–Trinajstić information content (AvgIpc) is 2.54. The minimum Gasteiger partial charge on any atom is -0.385 e. The van der Waals surface area contributed by atoms with E-state index in [1.165, 1.54) is 0 Å². The molecule has 0 aromatic carbocycles. The van der Waals surface area contributed by atoms with E-state index in [0.29, 0.717) is 19.4 Å². The highest BCUT2D eigenvalue weighted by molar-refractivity contribution is 4.86. The van der Waals surface area contributed by atoms with Gasteiger partial charge in [-0.15, -0.1) is 0 Å². The number of aliphatic hydroxyl groups excluding tert-OH is 1. The first-order valence-electron chi connectivity index (χ1n) is 5.21. The van der Waals surface area contributed by atoms with Gasteiger partial charge < -0.3 is 14.9 Å². The lowest BCUT2D eigenvalue weighted by Gasteiger charge is -2.28. The lowest BCUT2D eigenvalue weighted by molar-refractivity contribution is -0.210. The van der Waals surface area contributed by atoms with Gasteiger partial charge in [0.2, 0.25) is 0 Å². The molecule has 1 rings (SSSR count). The van der Waals surface area contributed by atoms with Crippen LogP contribution in [0.2, 0.25) is 0 Å². The Kier molecular flexibility index (Phi) is 4.16. The maximum atomic E-state index is 9.88. The van der Waals surface area contributed by atoms with Crippen LogP contribution < -0.4 is 0 Å². The summed E-state index contributed by atoms with van der Waals surface area (Å²) in [5.74, 6) is 0. The van der Waals surface area contributed by atoms with E-state index in [2.05, 4.69) is 6.92 Å². The summed E-state index contributed by atoms with van der Waals surface area (Å²) < 4.78 is 5.17. The summed E-state index contributed by atoms with van der Waals surface area (Å²) in [5.41, 5.74) is -0.965. The second-order valence-corrected chi connectivity index (χ2v) is 3.89. The van der Waals surface area contributed by atoms with Gasteiger partial charge in [0.25, 0.3) is 0 Å². The maximum Gasteiger partial charge on any atom is 0.183 e. The molecule has 0 aromatic heterocycles. The van der Waals surface area contributed by atoms with Crippen molar-refractivity contribution >= 4 is 0 Å². The van der Waals surface area contributed by atoms with Crippen molar-refractivity contribution in [2.45, 2.75) is 57.3 Å². The Hall–Kier alpha value is -0.120. The third-order valence-corrected chi connectivity index (χ3v) is 2.70. The van der Waals surface area contributed by atoms with Crippen LogP contribution in [0.4, 0.5) is 0 Å². The van der Waals surface area contributed by atoms with E-state index in [-0.39, 0.29) is 0 Å². The fraction of sp³-hybridized carbons (Fsp3) is 1.00. The van der Waals surface area contributed by atoms with Crippen LogP contribution in [0.3, 0.4) is 0 Å². The molecule has 2 N–H and O–H groups in total. The van der Waals surface area contributed by atoms with Crippen LogP contribution in [0.25, 0.3) is 0 Å². The smallest absolute Gasteiger partial charge is 0.183 e. The van der Waals surface area contributed by atoms with Gasteiger partial charge in [0.1, 0.15) is 5.60 Å². The largest absolute Gasteiger partial charge is 0.385 e. The molecule has 1 aliphatic carbocycles. The van der Waals surface area contributed by atoms with Crippen molar-refractivity contribution in [3.8, 4) is 0 Å². The second-order valence-electron chi connectivity index (χ2n) is 3.89. The zero-order valence-electron chi connectivity index (χ0n) is 8.33. The van der Waals surface area contributed by atoms with Crippen molar-refractivity contribution in [1.29, 1.82) is 0 Å². The highest BCUT2D eigenvalue weighted by Crippen LogP contribution is 2.32. The van der Waals surface area contributed by atoms with Gasteiger partial charge in [0.15, 0.2) is 6.29 Å². The van der Waals surface area contributed by atoms with Gasteiger partial charge in [-0.05, 0) is 19.3 Å². The first kappa shape index (κ1) is 11.0. The predicted octanol–water partition coefficient (Wildman–Crippen LogP) is 1.43. The van der Waals surface area contributed by atoms with Crippen LogP contribution in [0.15, 0.2) is 0 Å². The summed E-state index contributed by atoms with van der Waals surface area (Å²) >= 11 is 0. The van der Waals surface area contributed by atoms with Gasteiger partial charge >= 0.3 is 0 Å². The molecule has 1 saturated carbocycles. The first-order chi connectivity index (χ1) is 6.19. The third kappa shape index (κ3) is 2.93. The summed E-state index contributed by atoms with van der Waals surface area (Å²) in [6.07, 6.45) is 4.32. The molecule has 3 nitrogen and oxygen atoms in total. The third-order valence-electron chi connectivity index (χ3n) is 2.70. The van der Waals surface area contributed by atoms with Crippen LogP contribution in [-0.2, 0) is 4.74 Å². The van der Waals surface area contributed by atoms with E-state index in [0.717, 1.165) is 25.7 Å². The molecule has 0 aromatic rings. The maximum absolute atomic E-state index is 9.88. The van der Waals surface area contributed by atoms with Crippen LogP contribution >= 0.6 is 0 Å². The van der Waals surface area contributed by atoms with Crippen LogP contribution in [0.1, 0.15) is 45.4 Å². The molecule has 0 bridgehead atoms. The number of unbranched alkanes of at least 4 members (excludes halogenated alkanes) is 1. The normalized spacial score (nSPS) is 23.3. The van der Waals surface area contributed by atoms with E-state index in [4.69, 9.17) is 4.74 Å². The zero-order chi connectivity index (χ0) is 9.73. The van der Waals surface area contributed by atoms with Gasteiger partial charge in [-0.1, -0.05) is 26.2 Å². The molecule has 13 heavy (non-hydrogen) atoms. The monoisotopic (exact) mass is 188 g/mol. The fourth-order valence-electron chi connectivity index (χ4n) is 1.73. The molecule has 1 fully saturated rings. The highest BCUT2D eigenvalue weighted by atomic mass is 16.6. The van der Waals surface area contributed by atoms with E-state index in [1.807, 2.05) is 0 Å². The molecule has 0 saturated heterocycles. The first-order valence-corrected chi connectivity index (χ1v) is 5.21. The standard InChI is InChI=1S/C10H20O3/c1-2-3-8-13-9(11)10(12)6-4-5-7-10/h9,11-12H,2-8H2,1H3/t9-/m1/s1. The number of ether oxygens (including phenoxy) is 1. The van der Waals surface area contributed by atoms with Crippen molar-refractivity contribution in [2.75, 3.05) is 6.61 Å². The molecular weight excluding hydrogens is 168 g/mol. The van der Waals surface area contributed by atoms with Crippen molar-refractivity contribution in [2.24, 2.45) is 0 Å². The summed E-state index contributed by atoms with van der Waals surface area (Å²) in [6, 6.07) is 0. The molecule has 78 valence electrons. The van der Waals surface area contributed by atoms with Crippen molar-refractivity contribution in [1.82, 2.24) is 0 Å². The predicted molar refractivity (Wildman–Crippen MR) is 50.3 cm³/mol.